The zero-order valence-electron chi connectivity index (χ0n) is 17.0. The number of rotatable bonds is 9. The molecule has 4 N–H and O–H groups in total. The molecule has 32 heavy (non-hydrogen) atoms. The second kappa shape index (κ2) is 9.56. The second-order valence-corrected chi connectivity index (χ2v) is 8.13. The van der Waals surface area contributed by atoms with E-state index in [1.165, 1.54) is 4.57 Å². The standard InChI is InChI=1S/C22H21N5O4S/c23-19-18-20(26-21(25-19)31-9-10-32-16-7-2-1-3-8-16)27(22(30)24-18)13-15-6-4-5-14(11-15)12-17(28)29/h1-8,11H,9-10,12-13H2,(H,24,30)(H,28,29)(H2,23,25,26). The van der Waals surface area contributed by atoms with Crippen LogP contribution in [0.3, 0.4) is 0 Å². The van der Waals surface area contributed by atoms with Crippen LogP contribution in [0.2, 0.25) is 0 Å². The van der Waals surface area contributed by atoms with Crippen LogP contribution in [0.4, 0.5) is 5.82 Å². The summed E-state index contributed by atoms with van der Waals surface area (Å²) in [6, 6.07) is 16.9. The Morgan fingerprint density at radius 1 is 1.06 bits per heavy atom. The van der Waals surface area contributed by atoms with Crippen molar-refractivity contribution in [3.05, 3.63) is 65.7 Å². The number of nitrogens with two attached hydrogens (primary N) is 1. The van der Waals surface area contributed by atoms with Crippen molar-refractivity contribution in [2.45, 2.75) is 17.9 Å². The van der Waals surface area contributed by atoms with Crippen molar-refractivity contribution in [3.63, 3.8) is 0 Å². The lowest BCUT2D eigenvalue weighted by molar-refractivity contribution is -0.136. The molecule has 2 aromatic carbocycles. The van der Waals surface area contributed by atoms with Gasteiger partial charge in [-0.15, -0.1) is 11.8 Å². The fraction of sp³-hybridized carbons (Fsp3) is 0.182. The topological polar surface area (TPSA) is 136 Å². The summed E-state index contributed by atoms with van der Waals surface area (Å²) in [5, 5.41) is 19.4. The van der Waals surface area contributed by atoms with Crippen molar-refractivity contribution in [2.24, 2.45) is 0 Å². The summed E-state index contributed by atoms with van der Waals surface area (Å²) in [6.07, 6.45) is -0.0847. The summed E-state index contributed by atoms with van der Waals surface area (Å²) in [6.45, 7) is 0.609. The zero-order valence-corrected chi connectivity index (χ0v) is 17.8. The monoisotopic (exact) mass is 451 g/mol. The van der Waals surface area contributed by atoms with Gasteiger partial charge in [-0.25, -0.2) is 0 Å². The smallest absolute Gasteiger partial charge is 0.320 e. The highest BCUT2D eigenvalue weighted by Gasteiger charge is 2.17. The molecule has 0 amide bonds. The first-order valence-electron chi connectivity index (χ1n) is 9.82. The molecule has 4 rings (SSSR count). The lowest BCUT2D eigenvalue weighted by Crippen LogP contribution is -2.07. The number of thioether (sulfide) groups is 1. The summed E-state index contributed by atoms with van der Waals surface area (Å²) in [5.74, 6) is -0.105. The van der Waals surface area contributed by atoms with Gasteiger partial charge in [0.05, 0.1) is 13.0 Å². The number of aromatic nitrogens is 4. The molecule has 2 heterocycles. The van der Waals surface area contributed by atoms with Crippen LogP contribution in [-0.2, 0) is 17.8 Å². The summed E-state index contributed by atoms with van der Waals surface area (Å²) in [7, 11) is 0. The Bertz CT molecular complexity index is 1250. The van der Waals surface area contributed by atoms with Crippen molar-refractivity contribution in [2.75, 3.05) is 18.1 Å². The second-order valence-electron chi connectivity index (χ2n) is 6.96. The first kappa shape index (κ1) is 21.4. The average molecular weight is 452 g/mol. The summed E-state index contributed by atoms with van der Waals surface area (Å²) >= 11 is 1.65. The van der Waals surface area contributed by atoms with Crippen LogP contribution in [0.25, 0.3) is 11.2 Å². The predicted octanol–water partition coefficient (Wildman–Crippen LogP) is 2.96. The molecule has 10 heteroatoms. The van der Waals surface area contributed by atoms with E-state index < -0.39 is 5.97 Å². The molecule has 0 saturated carbocycles. The van der Waals surface area contributed by atoms with Gasteiger partial charge in [0.15, 0.2) is 17.0 Å². The van der Waals surface area contributed by atoms with Gasteiger partial charge in [-0.05, 0) is 23.3 Å². The minimum atomic E-state index is -0.911. The van der Waals surface area contributed by atoms with Gasteiger partial charge in [0.25, 0.3) is 6.01 Å². The number of benzene rings is 2. The lowest BCUT2D eigenvalue weighted by Gasteiger charge is -2.09. The van der Waals surface area contributed by atoms with Crippen LogP contribution in [0.1, 0.15) is 11.1 Å². The highest BCUT2D eigenvalue weighted by molar-refractivity contribution is 7.99. The Hall–Kier alpha value is -3.79. The molecule has 0 spiro atoms. The van der Waals surface area contributed by atoms with Crippen LogP contribution in [0, 0.1) is 0 Å². The van der Waals surface area contributed by atoms with E-state index in [-0.39, 0.29) is 36.3 Å². The molecule has 0 aliphatic heterocycles. The summed E-state index contributed by atoms with van der Waals surface area (Å²) in [5.41, 5.74) is 8.08. The van der Waals surface area contributed by atoms with E-state index in [0.29, 0.717) is 23.6 Å². The maximum atomic E-state index is 11.0. The fourth-order valence-corrected chi connectivity index (χ4v) is 3.96. The number of aliphatic carboxylic acids is 1. The summed E-state index contributed by atoms with van der Waals surface area (Å²) < 4.78 is 7.17. The van der Waals surface area contributed by atoms with Gasteiger partial charge in [-0.2, -0.15) is 15.0 Å². The van der Waals surface area contributed by atoms with Crippen molar-refractivity contribution >= 4 is 34.7 Å². The van der Waals surface area contributed by atoms with Crippen LogP contribution >= 0.6 is 11.8 Å². The van der Waals surface area contributed by atoms with E-state index in [9.17, 15) is 9.90 Å². The Labute approximate surface area is 187 Å². The molecule has 0 atom stereocenters. The van der Waals surface area contributed by atoms with E-state index in [0.717, 1.165) is 10.5 Å². The third-order valence-corrected chi connectivity index (χ3v) is 5.57. The molecule has 0 radical (unpaired) electrons. The first-order chi connectivity index (χ1) is 15.5. The van der Waals surface area contributed by atoms with Crippen molar-refractivity contribution in [1.82, 2.24) is 19.5 Å². The molecule has 2 aromatic heterocycles. The van der Waals surface area contributed by atoms with Gasteiger partial charge in [0.2, 0.25) is 0 Å². The number of carbonyl (C=O) groups is 1. The van der Waals surface area contributed by atoms with E-state index >= 15 is 0 Å². The Balaban J connectivity index is 1.51. The molecular weight excluding hydrogens is 430 g/mol. The minimum absolute atomic E-state index is 0.0847. The van der Waals surface area contributed by atoms with Gasteiger partial charge in [-0.1, -0.05) is 42.5 Å². The van der Waals surface area contributed by atoms with Gasteiger partial charge >= 0.3 is 12.0 Å². The maximum Gasteiger partial charge on any atom is 0.320 e. The largest absolute Gasteiger partial charge is 0.481 e. The highest BCUT2D eigenvalue weighted by atomic mass is 32.2. The zero-order chi connectivity index (χ0) is 22.5. The number of anilines is 1. The van der Waals surface area contributed by atoms with E-state index in [1.807, 2.05) is 36.4 Å². The molecule has 0 bridgehead atoms. The lowest BCUT2D eigenvalue weighted by atomic mass is 10.1. The number of nitrogen functional groups attached to an aromatic ring is 1. The van der Waals surface area contributed by atoms with E-state index in [4.69, 9.17) is 15.6 Å². The molecule has 0 aliphatic carbocycles. The van der Waals surface area contributed by atoms with Crippen molar-refractivity contribution < 1.29 is 19.7 Å². The number of nitrogens with zero attached hydrogens (tertiary/aromatic N) is 4. The van der Waals surface area contributed by atoms with Gasteiger partial charge in [-0.3, -0.25) is 9.36 Å². The molecule has 0 fully saturated rings. The average Bonchev–Trinajstić information content (AvgIpc) is 3.08. The number of imidazole rings is 1. The van der Waals surface area contributed by atoms with Gasteiger partial charge in [0.1, 0.15) is 6.61 Å². The highest BCUT2D eigenvalue weighted by Crippen LogP contribution is 2.26. The molecule has 164 valence electrons. The normalized spacial score (nSPS) is 11.0. The quantitative estimate of drug-likeness (QED) is 0.259. The third kappa shape index (κ3) is 5.09. The number of carboxylic acids is 1. The number of hydrogen-bond acceptors (Lipinski definition) is 8. The molecule has 0 aliphatic rings. The van der Waals surface area contributed by atoms with Crippen LogP contribution in [-0.4, -0.2) is 48.1 Å². The first-order valence-corrected chi connectivity index (χ1v) is 10.8. The van der Waals surface area contributed by atoms with Crippen molar-refractivity contribution in [1.29, 1.82) is 0 Å². The molecule has 9 nitrogen and oxygen atoms in total. The van der Waals surface area contributed by atoms with Gasteiger partial charge in [0, 0.05) is 10.6 Å². The number of aromatic hydroxyl groups is 1. The van der Waals surface area contributed by atoms with Crippen LogP contribution in [0.15, 0.2) is 59.5 Å². The Kier molecular flexibility index (Phi) is 6.41. The molecule has 4 aromatic rings. The van der Waals surface area contributed by atoms with Crippen LogP contribution < -0.4 is 10.5 Å². The number of hydrogen-bond donors (Lipinski definition) is 3. The number of carboxylic acid groups (broad SMARTS) is 1. The van der Waals surface area contributed by atoms with Crippen LogP contribution in [0.5, 0.6) is 12.0 Å². The van der Waals surface area contributed by atoms with Gasteiger partial charge < -0.3 is 20.7 Å². The number of ether oxygens (including phenoxy) is 1. The number of fused-ring (bicyclic) bond motifs is 1. The maximum absolute atomic E-state index is 11.0. The predicted molar refractivity (Wildman–Crippen MR) is 121 cm³/mol. The summed E-state index contributed by atoms with van der Waals surface area (Å²) in [4.78, 5) is 24.7. The Morgan fingerprint density at radius 3 is 2.62 bits per heavy atom. The van der Waals surface area contributed by atoms with Crippen molar-refractivity contribution in [3.8, 4) is 12.0 Å². The molecular formula is C22H21N5O4S. The fourth-order valence-electron chi connectivity index (χ4n) is 3.20. The third-order valence-electron chi connectivity index (χ3n) is 4.59. The Morgan fingerprint density at radius 2 is 1.84 bits per heavy atom. The molecule has 0 saturated heterocycles. The van der Waals surface area contributed by atoms with E-state index in [1.54, 1.807) is 30.0 Å². The SMILES string of the molecule is Nc1nc(OCCSc2ccccc2)nc2c1nc(O)n2Cc1cccc(CC(=O)O)c1. The minimum Gasteiger partial charge on any atom is -0.481 e. The molecule has 0 unspecified atom stereocenters. The van der Waals surface area contributed by atoms with E-state index in [2.05, 4.69) is 15.0 Å².